The van der Waals surface area contributed by atoms with Gasteiger partial charge in [-0.15, -0.1) is 0 Å². The second-order valence-corrected chi connectivity index (χ2v) is 7.13. The summed E-state index contributed by atoms with van der Waals surface area (Å²) in [4.78, 5) is 0. The van der Waals surface area contributed by atoms with Gasteiger partial charge in [0.1, 0.15) is 18.5 Å². The molecule has 0 radical (unpaired) electrons. The molecular weight excluding hydrogens is 358 g/mol. The molecule has 0 spiro atoms. The summed E-state index contributed by atoms with van der Waals surface area (Å²) in [5, 5.41) is 3.35. The molecule has 0 unspecified atom stereocenters. The highest BCUT2D eigenvalue weighted by Gasteiger charge is 2.14. The average Bonchev–Trinajstić information content (AvgIpc) is 2.81. The van der Waals surface area contributed by atoms with Crippen molar-refractivity contribution in [2.45, 2.75) is 12.5 Å². The van der Waals surface area contributed by atoms with Crippen LogP contribution in [0.2, 0.25) is 0 Å². The molecule has 0 atom stereocenters. The molecule has 3 aromatic rings. The number of hydrogen-bond donors (Lipinski definition) is 1. The third kappa shape index (κ3) is 5.35. The monoisotopic (exact) mass is 385 g/mol. The van der Waals surface area contributed by atoms with Crippen LogP contribution in [0, 0.1) is 0 Å². The molecule has 1 N–H and O–H groups in total. The molecule has 148 valence electrons. The van der Waals surface area contributed by atoms with Gasteiger partial charge in [-0.2, -0.15) is 0 Å². The summed E-state index contributed by atoms with van der Waals surface area (Å²) in [6, 6.07) is 29.0. The second-order valence-electron chi connectivity index (χ2n) is 7.13. The van der Waals surface area contributed by atoms with Crippen LogP contribution in [0.15, 0.2) is 91.0 Å². The van der Waals surface area contributed by atoms with E-state index in [0.717, 1.165) is 36.4 Å². The normalized spacial score (nSPS) is 13.9. The lowest BCUT2D eigenvalue weighted by Gasteiger charge is -2.19. The Labute approximate surface area is 173 Å². The van der Waals surface area contributed by atoms with Gasteiger partial charge in [-0.05, 0) is 47.4 Å². The third-order valence-electron chi connectivity index (χ3n) is 5.13. The van der Waals surface area contributed by atoms with E-state index >= 15 is 0 Å². The maximum atomic E-state index is 6.21. The van der Waals surface area contributed by atoms with Crippen LogP contribution in [-0.4, -0.2) is 26.3 Å². The number of rotatable bonds is 8. The van der Waals surface area contributed by atoms with Crippen molar-refractivity contribution in [3.05, 3.63) is 108 Å². The summed E-state index contributed by atoms with van der Waals surface area (Å²) in [5.74, 6) is 0.878. The molecule has 3 nitrogen and oxygen atoms in total. The zero-order valence-corrected chi connectivity index (χ0v) is 16.6. The molecule has 0 bridgehead atoms. The summed E-state index contributed by atoms with van der Waals surface area (Å²) in [6.07, 6.45) is 3.25. The van der Waals surface area contributed by atoms with Crippen molar-refractivity contribution in [2.24, 2.45) is 0 Å². The first-order valence-corrected chi connectivity index (χ1v) is 10.2. The van der Waals surface area contributed by atoms with Crippen LogP contribution in [0.5, 0.6) is 5.75 Å². The SMILES string of the molecule is C1=C(c2ccc(OCCOC(c3ccccc3)c3ccccc3)cc2)CCNC1. The molecular formula is C26H27NO2. The van der Waals surface area contributed by atoms with E-state index in [1.54, 1.807) is 0 Å². The number of hydrogen-bond acceptors (Lipinski definition) is 3. The minimum atomic E-state index is -0.0878. The first-order valence-electron chi connectivity index (χ1n) is 10.2. The van der Waals surface area contributed by atoms with E-state index < -0.39 is 0 Å². The van der Waals surface area contributed by atoms with Crippen LogP contribution < -0.4 is 10.1 Å². The fraction of sp³-hybridized carbons (Fsp3) is 0.231. The van der Waals surface area contributed by atoms with Crippen LogP contribution in [0.25, 0.3) is 5.57 Å². The average molecular weight is 386 g/mol. The molecule has 0 saturated heterocycles. The minimum absolute atomic E-state index is 0.0878. The number of ether oxygens (including phenoxy) is 2. The first-order chi connectivity index (χ1) is 14.4. The Morgan fingerprint density at radius 3 is 2.00 bits per heavy atom. The van der Waals surface area contributed by atoms with E-state index in [-0.39, 0.29) is 6.10 Å². The fourth-order valence-corrected chi connectivity index (χ4v) is 3.62. The van der Waals surface area contributed by atoms with E-state index in [0.29, 0.717) is 13.2 Å². The van der Waals surface area contributed by atoms with Crippen LogP contribution in [-0.2, 0) is 4.74 Å². The Hall–Kier alpha value is -2.88. The van der Waals surface area contributed by atoms with Gasteiger partial charge < -0.3 is 14.8 Å². The van der Waals surface area contributed by atoms with Gasteiger partial charge in [0.2, 0.25) is 0 Å². The molecule has 0 aromatic heterocycles. The maximum absolute atomic E-state index is 6.21. The van der Waals surface area contributed by atoms with E-state index in [2.05, 4.69) is 47.8 Å². The van der Waals surface area contributed by atoms with Crippen LogP contribution in [0.4, 0.5) is 0 Å². The Morgan fingerprint density at radius 1 is 0.759 bits per heavy atom. The van der Waals surface area contributed by atoms with Crippen LogP contribution >= 0.6 is 0 Å². The first kappa shape index (κ1) is 19.4. The largest absolute Gasteiger partial charge is 0.491 e. The fourth-order valence-electron chi connectivity index (χ4n) is 3.62. The van der Waals surface area contributed by atoms with Gasteiger partial charge in [-0.3, -0.25) is 0 Å². The van der Waals surface area contributed by atoms with Gasteiger partial charge in [0.25, 0.3) is 0 Å². The van der Waals surface area contributed by atoms with Gasteiger partial charge in [0, 0.05) is 6.54 Å². The summed E-state index contributed by atoms with van der Waals surface area (Å²) < 4.78 is 12.1. The summed E-state index contributed by atoms with van der Waals surface area (Å²) in [7, 11) is 0. The lowest BCUT2D eigenvalue weighted by molar-refractivity contribution is 0.0560. The topological polar surface area (TPSA) is 30.5 Å². The summed E-state index contributed by atoms with van der Waals surface area (Å²) >= 11 is 0. The maximum Gasteiger partial charge on any atom is 0.119 e. The highest BCUT2D eigenvalue weighted by molar-refractivity contribution is 5.67. The second kappa shape index (κ2) is 10.1. The molecule has 1 aliphatic heterocycles. The Balaban J connectivity index is 1.33. The quantitative estimate of drug-likeness (QED) is 0.537. The molecule has 0 amide bonds. The zero-order valence-electron chi connectivity index (χ0n) is 16.6. The molecule has 0 saturated carbocycles. The molecule has 1 heterocycles. The van der Waals surface area contributed by atoms with Gasteiger partial charge in [-0.25, -0.2) is 0 Å². The molecule has 29 heavy (non-hydrogen) atoms. The molecule has 1 aliphatic rings. The van der Waals surface area contributed by atoms with Crippen molar-refractivity contribution in [1.82, 2.24) is 5.32 Å². The predicted octanol–water partition coefficient (Wildman–Crippen LogP) is 5.25. The minimum Gasteiger partial charge on any atom is -0.491 e. The van der Waals surface area contributed by atoms with Crippen molar-refractivity contribution in [3.63, 3.8) is 0 Å². The molecule has 3 heteroatoms. The summed E-state index contributed by atoms with van der Waals surface area (Å²) in [5.41, 5.74) is 4.99. The Bertz CT molecular complexity index is 865. The molecule has 3 aromatic carbocycles. The number of nitrogens with one attached hydrogen (secondary N) is 1. The standard InChI is InChI=1S/C26H27NO2/c1-3-7-23(8-4-1)26(24-9-5-2-6-10-24)29-20-19-28-25-13-11-21(12-14-25)22-15-17-27-18-16-22/h1-15,26-27H,16-20H2. The van der Waals surface area contributed by atoms with Gasteiger partial charge in [-0.1, -0.05) is 78.9 Å². The summed E-state index contributed by atoms with van der Waals surface area (Å²) in [6.45, 7) is 3.04. The van der Waals surface area contributed by atoms with Crippen molar-refractivity contribution in [2.75, 3.05) is 26.3 Å². The highest BCUT2D eigenvalue weighted by atomic mass is 16.5. The van der Waals surface area contributed by atoms with E-state index in [9.17, 15) is 0 Å². The number of benzene rings is 3. The highest BCUT2D eigenvalue weighted by Crippen LogP contribution is 2.26. The van der Waals surface area contributed by atoms with Crippen molar-refractivity contribution in [1.29, 1.82) is 0 Å². The Kier molecular flexibility index (Phi) is 6.74. The van der Waals surface area contributed by atoms with E-state index in [4.69, 9.17) is 9.47 Å². The van der Waals surface area contributed by atoms with Crippen molar-refractivity contribution >= 4 is 5.57 Å². The molecule has 4 rings (SSSR count). The van der Waals surface area contributed by atoms with E-state index in [1.807, 2.05) is 48.5 Å². The lowest BCUT2D eigenvalue weighted by atomic mass is 10.0. The van der Waals surface area contributed by atoms with Gasteiger partial charge >= 0.3 is 0 Å². The van der Waals surface area contributed by atoms with Gasteiger partial charge in [0.05, 0.1) is 6.61 Å². The molecule has 0 aliphatic carbocycles. The Morgan fingerprint density at radius 2 is 1.41 bits per heavy atom. The van der Waals surface area contributed by atoms with Gasteiger partial charge in [0.15, 0.2) is 0 Å². The van der Waals surface area contributed by atoms with Crippen LogP contribution in [0.3, 0.4) is 0 Å². The smallest absolute Gasteiger partial charge is 0.119 e. The van der Waals surface area contributed by atoms with E-state index in [1.165, 1.54) is 11.1 Å². The van der Waals surface area contributed by atoms with Crippen molar-refractivity contribution < 1.29 is 9.47 Å². The predicted molar refractivity (Wildman–Crippen MR) is 118 cm³/mol. The lowest BCUT2D eigenvalue weighted by Crippen LogP contribution is -2.19. The molecule has 0 fully saturated rings. The third-order valence-corrected chi connectivity index (χ3v) is 5.13. The van der Waals surface area contributed by atoms with Crippen molar-refractivity contribution in [3.8, 4) is 5.75 Å². The van der Waals surface area contributed by atoms with Crippen LogP contribution in [0.1, 0.15) is 29.2 Å². The zero-order chi connectivity index (χ0) is 19.7.